The van der Waals surface area contributed by atoms with Crippen LogP contribution in [0.3, 0.4) is 0 Å². The summed E-state index contributed by atoms with van der Waals surface area (Å²) in [5, 5.41) is 0. The molecule has 0 radical (unpaired) electrons. The second-order valence-electron chi connectivity index (χ2n) is 4.82. The van der Waals surface area contributed by atoms with Gasteiger partial charge in [0.05, 0.1) is 5.69 Å². The lowest BCUT2D eigenvalue weighted by Crippen LogP contribution is -2.31. The molecular formula is C16H14BrNOS. The molecule has 1 unspecified atom stereocenters. The molecule has 2 nitrogen and oxygen atoms in total. The Labute approximate surface area is 131 Å². The number of para-hydroxylation sites is 1. The van der Waals surface area contributed by atoms with Crippen molar-refractivity contribution in [3.05, 3.63) is 59.7 Å². The van der Waals surface area contributed by atoms with E-state index in [-0.39, 0.29) is 9.56 Å². The molecule has 0 saturated heterocycles. The van der Waals surface area contributed by atoms with Gasteiger partial charge < -0.3 is 4.90 Å². The lowest BCUT2D eigenvalue weighted by molar-refractivity contribution is 0.101. The Kier molecular flexibility index (Phi) is 3.38. The molecular weight excluding hydrogens is 334 g/mol. The average Bonchev–Trinajstić information content (AvgIpc) is 2.72. The molecule has 0 N–H and O–H groups in total. The number of rotatable bonds is 2. The number of Topliss-reactive ketones (excluding diaryl/α,β-unsaturated/α-hetero) is 1. The maximum Gasteiger partial charge on any atom is 0.172 e. The average molecular weight is 348 g/mol. The Morgan fingerprint density at radius 3 is 2.40 bits per heavy atom. The van der Waals surface area contributed by atoms with Gasteiger partial charge in [0.25, 0.3) is 0 Å². The molecule has 2 aromatic rings. The van der Waals surface area contributed by atoms with Gasteiger partial charge in [0, 0.05) is 17.5 Å². The molecule has 0 amide bonds. The molecule has 0 aromatic heterocycles. The van der Waals surface area contributed by atoms with Crippen LogP contribution in [0.25, 0.3) is 0 Å². The van der Waals surface area contributed by atoms with Crippen molar-refractivity contribution >= 4 is 39.2 Å². The highest BCUT2D eigenvalue weighted by Crippen LogP contribution is 2.58. The topological polar surface area (TPSA) is 20.3 Å². The molecule has 20 heavy (non-hydrogen) atoms. The summed E-state index contributed by atoms with van der Waals surface area (Å²) in [5.74, 6) is 0.0934. The first kappa shape index (κ1) is 13.7. The van der Waals surface area contributed by atoms with Crippen LogP contribution >= 0.6 is 27.7 Å². The van der Waals surface area contributed by atoms with E-state index in [1.165, 1.54) is 10.6 Å². The number of benzene rings is 2. The lowest BCUT2D eigenvalue weighted by Gasteiger charge is -2.31. The van der Waals surface area contributed by atoms with Crippen LogP contribution in [0.15, 0.2) is 53.4 Å². The molecule has 0 spiro atoms. The lowest BCUT2D eigenvalue weighted by atomic mass is 10.1. The molecule has 2 aromatic carbocycles. The van der Waals surface area contributed by atoms with Gasteiger partial charge in [-0.1, -0.05) is 48.2 Å². The summed E-state index contributed by atoms with van der Waals surface area (Å²) in [6, 6.07) is 16.2. The molecule has 3 rings (SSSR count). The smallest absolute Gasteiger partial charge is 0.172 e. The van der Waals surface area contributed by atoms with E-state index in [0.717, 1.165) is 11.1 Å². The van der Waals surface area contributed by atoms with Gasteiger partial charge in [0.1, 0.15) is 0 Å². The highest BCUT2D eigenvalue weighted by molar-refractivity contribution is 9.11. The summed E-state index contributed by atoms with van der Waals surface area (Å²) in [7, 11) is 2.08. The van der Waals surface area contributed by atoms with E-state index in [0.29, 0.717) is 0 Å². The van der Waals surface area contributed by atoms with Crippen molar-refractivity contribution in [1.82, 2.24) is 0 Å². The van der Waals surface area contributed by atoms with E-state index < -0.39 is 0 Å². The van der Waals surface area contributed by atoms with Crippen molar-refractivity contribution in [2.45, 2.75) is 15.6 Å². The van der Waals surface area contributed by atoms with Crippen LogP contribution in [-0.2, 0) is 3.78 Å². The first-order valence-corrected chi connectivity index (χ1v) is 7.95. The summed E-state index contributed by atoms with van der Waals surface area (Å²) >= 11 is 5.64. The Balaban J connectivity index is 2.00. The Hall–Kier alpha value is -1.26. The van der Waals surface area contributed by atoms with Gasteiger partial charge in [-0.15, -0.1) is 0 Å². The molecule has 102 valence electrons. The summed E-state index contributed by atoms with van der Waals surface area (Å²) in [5.41, 5.74) is 3.09. The second kappa shape index (κ2) is 4.93. The largest absolute Gasteiger partial charge is 0.346 e. The third kappa shape index (κ3) is 2.07. The fourth-order valence-electron chi connectivity index (χ4n) is 2.35. The van der Waals surface area contributed by atoms with Crippen LogP contribution in [0.5, 0.6) is 0 Å². The number of fused-ring (bicyclic) bond motifs is 1. The summed E-state index contributed by atoms with van der Waals surface area (Å²) < 4.78 is -0.313. The normalized spacial score (nSPS) is 20.9. The number of hydrogen-bond donors (Lipinski definition) is 0. The molecule has 0 fully saturated rings. The van der Waals surface area contributed by atoms with Crippen molar-refractivity contribution in [1.29, 1.82) is 0 Å². The van der Waals surface area contributed by atoms with E-state index in [1.54, 1.807) is 18.7 Å². The van der Waals surface area contributed by atoms with Gasteiger partial charge in [0.15, 0.2) is 9.56 Å². The molecule has 1 atom stereocenters. The molecule has 0 aliphatic carbocycles. The summed E-state index contributed by atoms with van der Waals surface area (Å²) in [6.07, 6.45) is 0. The van der Waals surface area contributed by atoms with E-state index in [2.05, 4.69) is 46.1 Å². The SMILES string of the molecule is CC(=O)c1ccc(C2(Br)Sc3ccccc3N2C)cc1. The number of nitrogens with zero attached hydrogens (tertiary/aromatic N) is 1. The van der Waals surface area contributed by atoms with E-state index in [9.17, 15) is 4.79 Å². The molecule has 0 bridgehead atoms. The standard InChI is InChI=1S/C16H14BrNOS/c1-11(19)12-7-9-13(10-8-12)16(17)18(2)14-5-3-4-6-15(14)20-16/h3-10H,1-2H3. The third-order valence-corrected chi connectivity index (χ3v) is 6.37. The molecule has 1 heterocycles. The summed E-state index contributed by atoms with van der Waals surface area (Å²) in [6.45, 7) is 1.59. The number of hydrogen-bond acceptors (Lipinski definition) is 3. The molecule has 0 saturated carbocycles. The highest BCUT2D eigenvalue weighted by atomic mass is 79.9. The zero-order valence-corrected chi connectivity index (χ0v) is 13.7. The van der Waals surface area contributed by atoms with Crippen LogP contribution in [0.2, 0.25) is 0 Å². The second-order valence-corrected chi connectivity index (χ2v) is 7.73. The zero-order valence-electron chi connectivity index (χ0n) is 11.3. The van der Waals surface area contributed by atoms with Crippen molar-refractivity contribution in [2.75, 3.05) is 11.9 Å². The predicted molar refractivity (Wildman–Crippen MR) is 87.8 cm³/mol. The molecule has 4 heteroatoms. The number of anilines is 1. The maximum absolute atomic E-state index is 11.4. The van der Waals surface area contributed by atoms with Gasteiger partial charge in [-0.3, -0.25) is 4.79 Å². The number of thioether (sulfide) groups is 1. The van der Waals surface area contributed by atoms with Crippen LogP contribution in [0.4, 0.5) is 5.69 Å². The fraction of sp³-hybridized carbons (Fsp3) is 0.188. The Morgan fingerprint density at radius 1 is 1.15 bits per heavy atom. The number of ketones is 1. The van der Waals surface area contributed by atoms with Crippen LogP contribution in [0.1, 0.15) is 22.8 Å². The van der Waals surface area contributed by atoms with Crippen LogP contribution in [0, 0.1) is 0 Å². The summed E-state index contributed by atoms with van der Waals surface area (Å²) in [4.78, 5) is 14.8. The Morgan fingerprint density at radius 2 is 1.80 bits per heavy atom. The molecule has 1 aliphatic heterocycles. The van der Waals surface area contributed by atoms with Crippen molar-refractivity contribution in [3.8, 4) is 0 Å². The first-order valence-electron chi connectivity index (χ1n) is 6.34. The highest BCUT2D eigenvalue weighted by Gasteiger charge is 2.41. The van der Waals surface area contributed by atoms with Gasteiger partial charge >= 0.3 is 0 Å². The van der Waals surface area contributed by atoms with E-state index in [1.807, 2.05) is 30.3 Å². The minimum Gasteiger partial charge on any atom is -0.346 e. The van der Waals surface area contributed by atoms with Crippen LogP contribution in [-0.4, -0.2) is 12.8 Å². The fourth-order valence-corrected chi connectivity index (χ4v) is 4.57. The number of halogens is 1. The predicted octanol–water partition coefficient (Wildman–Crippen LogP) is 4.64. The van der Waals surface area contributed by atoms with Crippen LogP contribution < -0.4 is 4.90 Å². The zero-order chi connectivity index (χ0) is 14.3. The molecule has 1 aliphatic rings. The van der Waals surface area contributed by atoms with Gasteiger partial charge in [0.2, 0.25) is 0 Å². The van der Waals surface area contributed by atoms with Gasteiger partial charge in [-0.25, -0.2) is 0 Å². The quantitative estimate of drug-likeness (QED) is 0.448. The van der Waals surface area contributed by atoms with E-state index in [4.69, 9.17) is 0 Å². The maximum atomic E-state index is 11.4. The number of alkyl halides is 1. The minimum atomic E-state index is -0.313. The Bertz CT molecular complexity index is 670. The van der Waals surface area contributed by atoms with E-state index >= 15 is 0 Å². The third-order valence-electron chi connectivity index (χ3n) is 3.55. The number of carbonyl (C=O) groups is 1. The van der Waals surface area contributed by atoms with Crippen molar-refractivity contribution in [3.63, 3.8) is 0 Å². The monoisotopic (exact) mass is 347 g/mol. The first-order chi connectivity index (χ1) is 9.52. The number of carbonyl (C=O) groups excluding carboxylic acids is 1. The van der Waals surface area contributed by atoms with Crippen molar-refractivity contribution < 1.29 is 4.79 Å². The van der Waals surface area contributed by atoms with Gasteiger partial charge in [-0.2, -0.15) is 0 Å². The van der Waals surface area contributed by atoms with Gasteiger partial charge in [-0.05, 0) is 40.5 Å². The minimum absolute atomic E-state index is 0.0934. The van der Waals surface area contributed by atoms with Crippen molar-refractivity contribution in [2.24, 2.45) is 0 Å².